The lowest BCUT2D eigenvalue weighted by atomic mass is 10.0. The Kier molecular flexibility index (Phi) is 4.78. The van der Waals surface area contributed by atoms with Crippen LogP contribution in [0.2, 0.25) is 0 Å². The van der Waals surface area contributed by atoms with Crippen molar-refractivity contribution in [2.45, 2.75) is 13.0 Å². The molecule has 1 aliphatic heterocycles. The Balaban J connectivity index is 2.17. The first-order chi connectivity index (χ1) is 8.61. The first-order valence-corrected chi connectivity index (χ1v) is 7.30. The van der Waals surface area contributed by atoms with Gasteiger partial charge in [-0.3, -0.25) is 4.90 Å². The van der Waals surface area contributed by atoms with Gasteiger partial charge in [0.2, 0.25) is 0 Å². The lowest BCUT2D eigenvalue weighted by Gasteiger charge is -2.38. The van der Waals surface area contributed by atoms with Gasteiger partial charge >= 0.3 is 0 Å². The number of hydrogen-bond acceptors (Lipinski definition) is 3. The lowest BCUT2D eigenvalue weighted by molar-refractivity contribution is 0.114. The zero-order valence-corrected chi connectivity index (χ0v) is 12.8. The molecule has 1 saturated heterocycles. The second-order valence-corrected chi connectivity index (χ2v) is 5.97. The number of nitrogens with zero attached hydrogens (tertiary/aromatic N) is 2. The van der Waals surface area contributed by atoms with Crippen LogP contribution in [0.3, 0.4) is 0 Å². The first-order valence-electron chi connectivity index (χ1n) is 6.50. The molecule has 2 rings (SSSR count). The molecule has 0 amide bonds. The Bertz CT molecular complexity index is 400. The van der Waals surface area contributed by atoms with Gasteiger partial charge in [0.05, 0.1) is 0 Å². The summed E-state index contributed by atoms with van der Waals surface area (Å²) in [5, 5.41) is 0. The minimum atomic E-state index is 0.327. The summed E-state index contributed by atoms with van der Waals surface area (Å²) >= 11 is 3.67. The highest BCUT2D eigenvalue weighted by atomic mass is 79.9. The van der Waals surface area contributed by atoms with Gasteiger partial charge in [-0.25, -0.2) is 0 Å². The fraction of sp³-hybridized carbons (Fsp3) is 0.571. The van der Waals surface area contributed by atoms with Gasteiger partial charge in [0.25, 0.3) is 0 Å². The average Bonchev–Trinajstić information content (AvgIpc) is 2.35. The maximum absolute atomic E-state index is 6.00. The third-order valence-corrected chi connectivity index (χ3v) is 4.40. The van der Waals surface area contributed by atoms with Crippen LogP contribution >= 0.6 is 15.9 Å². The second kappa shape index (κ2) is 6.15. The number of rotatable bonds is 3. The molecule has 1 aromatic carbocycles. The summed E-state index contributed by atoms with van der Waals surface area (Å²) in [6.45, 7) is 7.23. The predicted octanol–water partition coefficient (Wildman–Crippen LogP) is 2.00. The second-order valence-electron chi connectivity index (χ2n) is 5.12. The van der Waals surface area contributed by atoms with E-state index >= 15 is 0 Å². The van der Waals surface area contributed by atoms with Crippen LogP contribution in [-0.4, -0.2) is 49.6 Å². The van der Waals surface area contributed by atoms with E-state index in [9.17, 15) is 0 Å². The predicted molar refractivity (Wildman–Crippen MR) is 79.7 cm³/mol. The van der Waals surface area contributed by atoms with E-state index in [0.717, 1.165) is 26.2 Å². The molecule has 2 N–H and O–H groups in total. The van der Waals surface area contributed by atoms with Gasteiger partial charge in [-0.1, -0.05) is 28.1 Å². The molecule has 4 heteroatoms. The molecule has 0 spiro atoms. The quantitative estimate of drug-likeness (QED) is 0.927. The van der Waals surface area contributed by atoms with E-state index in [0.29, 0.717) is 12.6 Å². The van der Waals surface area contributed by atoms with Crippen molar-refractivity contribution in [3.63, 3.8) is 0 Å². The highest BCUT2D eigenvalue weighted by molar-refractivity contribution is 9.10. The van der Waals surface area contributed by atoms with Crippen molar-refractivity contribution in [2.24, 2.45) is 5.73 Å². The molecule has 1 heterocycles. The Morgan fingerprint density at radius 3 is 2.50 bits per heavy atom. The maximum atomic E-state index is 6.00. The molecular formula is C14H22BrN3. The number of nitrogens with two attached hydrogens (primary N) is 1. The van der Waals surface area contributed by atoms with Gasteiger partial charge in [-0.15, -0.1) is 0 Å². The van der Waals surface area contributed by atoms with E-state index in [1.165, 1.54) is 15.6 Å². The van der Waals surface area contributed by atoms with Crippen molar-refractivity contribution in [3.05, 3.63) is 33.8 Å². The molecule has 100 valence electrons. The van der Waals surface area contributed by atoms with E-state index in [1.54, 1.807) is 0 Å². The van der Waals surface area contributed by atoms with Crippen LogP contribution in [0.15, 0.2) is 22.7 Å². The van der Waals surface area contributed by atoms with Crippen molar-refractivity contribution >= 4 is 15.9 Å². The largest absolute Gasteiger partial charge is 0.329 e. The van der Waals surface area contributed by atoms with Gasteiger partial charge in [0.15, 0.2) is 0 Å². The number of hydrogen-bond donors (Lipinski definition) is 1. The molecule has 3 nitrogen and oxygen atoms in total. The molecule has 1 fully saturated rings. The normalized spacial score (nSPS) is 20.0. The standard InChI is InChI=1S/C14H22BrN3/c1-11-3-4-12(13(15)9-11)14(10-16)18-7-5-17(2)6-8-18/h3-4,9,14H,5-8,10,16H2,1-2H3. The first kappa shape index (κ1) is 14.0. The Hall–Kier alpha value is -0.420. The van der Waals surface area contributed by atoms with Crippen LogP contribution < -0.4 is 5.73 Å². The van der Waals surface area contributed by atoms with E-state index in [4.69, 9.17) is 5.73 Å². The highest BCUT2D eigenvalue weighted by Crippen LogP contribution is 2.28. The van der Waals surface area contributed by atoms with Crippen LogP contribution in [0.1, 0.15) is 17.2 Å². The molecule has 18 heavy (non-hydrogen) atoms. The molecule has 0 aliphatic carbocycles. The number of halogens is 1. The maximum Gasteiger partial charge on any atom is 0.0482 e. The average molecular weight is 312 g/mol. The van der Waals surface area contributed by atoms with Crippen LogP contribution in [-0.2, 0) is 0 Å². The van der Waals surface area contributed by atoms with Gasteiger partial charge in [0.1, 0.15) is 0 Å². The molecule has 0 bridgehead atoms. The third kappa shape index (κ3) is 3.12. The molecule has 1 unspecified atom stereocenters. The van der Waals surface area contributed by atoms with Crippen LogP contribution in [0.25, 0.3) is 0 Å². The Labute approximate surface area is 118 Å². The fourth-order valence-corrected chi connectivity index (χ4v) is 3.27. The fourth-order valence-electron chi connectivity index (χ4n) is 2.51. The molecule has 1 atom stereocenters. The van der Waals surface area contributed by atoms with Crippen molar-refractivity contribution in [3.8, 4) is 0 Å². The molecule has 0 saturated carbocycles. The zero-order valence-electron chi connectivity index (χ0n) is 11.2. The minimum Gasteiger partial charge on any atom is -0.329 e. The topological polar surface area (TPSA) is 32.5 Å². The number of likely N-dealkylation sites (N-methyl/N-ethyl adjacent to an activating group) is 1. The van der Waals surface area contributed by atoms with Gasteiger partial charge in [-0.05, 0) is 31.2 Å². The van der Waals surface area contributed by atoms with Crippen LogP contribution in [0.5, 0.6) is 0 Å². The van der Waals surface area contributed by atoms with E-state index in [1.807, 2.05) is 0 Å². The molecule has 0 radical (unpaired) electrons. The van der Waals surface area contributed by atoms with Crippen molar-refractivity contribution in [1.29, 1.82) is 0 Å². The van der Waals surface area contributed by atoms with Gasteiger partial charge in [-0.2, -0.15) is 0 Å². The number of piperazine rings is 1. The Morgan fingerprint density at radius 2 is 1.94 bits per heavy atom. The summed E-state index contributed by atoms with van der Waals surface area (Å²) in [4.78, 5) is 4.86. The minimum absolute atomic E-state index is 0.327. The van der Waals surface area contributed by atoms with Crippen molar-refractivity contribution < 1.29 is 0 Å². The molecule has 1 aromatic rings. The number of benzene rings is 1. The summed E-state index contributed by atoms with van der Waals surface area (Å²) in [6.07, 6.45) is 0. The number of aryl methyl sites for hydroxylation is 1. The SMILES string of the molecule is Cc1ccc(C(CN)N2CCN(C)CC2)c(Br)c1. The molecule has 0 aromatic heterocycles. The Morgan fingerprint density at radius 1 is 1.28 bits per heavy atom. The smallest absolute Gasteiger partial charge is 0.0482 e. The summed E-state index contributed by atoms with van der Waals surface area (Å²) in [5.74, 6) is 0. The summed E-state index contributed by atoms with van der Waals surface area (Å²) < 4.78 is 1.18. The highest BCUT2D eigenvalue weighted by Gasteiger charge is 2.24. The summed E-state index contributed by atoms with van der Waals surface area (Å²) in [5.41, 5.74) is 8.59. The lowest BCUT2D eigenvalue weighted by Crippen LogP contribution is -2.47. The third-order valence-electron chi connectivity index (χ3n) is 3.72. The zero-order chi connectivity index (χ0) is 13.1. The van der Waals surface area contributed by atoms with Crippen LogP contribution in [0, 0.1) is 6.92 Å². The molecule has 1 aliphatic rings. The van der Waals surface area contributed by atoms with E-state index in [2.05, 4.69) is 57.9 Å². The van der Waals surface area contributed by atoms with Gasteiger partial charge in [0, 0.05) is 43.2 Å². The van der Waals surface area contributed by atoms with Crippen molar-refractivity contribution in [2.75, 3.05) is 39.8 Å². The van der Waals surface area contributed by atoms with E-state index in [-0.39, 0.29) is 0 Å². The van der Waals surface area contributed by atoms with E-state index < -0.39 is 0 Å². The molecular weight excluding hydrogens is 290 g/mol. The van der Waals surface area contributed by atoms with Gasteiger partial charge < -0.3 is 10.6 Å². The summed E-state index contributed by atoms with van der Waals surface area (Å²) in [6, 6.07) is 6.87. The summed E-state index contributed by atoms with van der Waals surface area (Å²) in [7, 11) is 2.18. The van der Waals surface area contributed by atoms with Crippen LogP contribution in [0.4, 0.5) is 0 Å². The monoisotopic (exact) mass is 311 g/mol. The van der Waals surface area contributed by atoms with Crippen molar-refractivity contribution in [1.82, 2.24) is 9.80 Å².